The van der Waals surface area contributed by atoms with E-state index in [0.717, 1.165) is 44.8 Å². The third-order valence-corrected chi connectivity index (χ3v) is 5.85. The van der Waals surface area contributed by atoms with Crippen LogP contribution < -0.4 is 11.2 Å². The number of hydrazone groups is 1. The summed E-state index contributed by atoms with van der Waals surface area (Å²) in [5.41, 5.74) is 19.6. The van der Waals surface area contributed by atoms with Crippen molar-refractivity contribution < 1.29 is 0 Å². The van der Waals surface area contributed by atoms with Crippen LogP contribution in [0.2, 0.25) is 0 Å². The molecule has 0 bridgehead atoms. The minimum Gasteiger partial charge on any atom is -0.367 e. The van der Waals surface area contributed by atoms with Gasteiger partial charge in [0.25, 0.3) is 0 Å². The summed E-state index contributed by atoms with van der Waals surface area (Å²) < 4.78 is 0. The maximum atomic E-state index is 6.13. The highest BCUT2D eigenvalue weighted by molar-refractivity contribution is 6.25. The third-order valence-electron chi connectivity index (χ3n) is 5.85. The zero-order valence-corrected chi connectivity index (χ0v) is 17.2. The first-order chi connectivity index (χ1) is 15.8. The Labute approximate surface area is 185 Å². The average molecular weight is 413 g/mol. The predicted molar refractivity (Wildman–Crippen MR) is 130 cm³/mol. The molecule has 32 heavy (non-hydrogen) atoms. The zero-order valence-electron chi connectivity index (χ0n) is 17.2. The maximum Gasteiger partial charge on any atom is 0.234 e. The Morgan fingerprint density at radius 3 is 1.25 bits per heavy atom. The zero-order chi connectivity index (χ0) is 21.5. The molecule has 0 atom stereocenters. The van der Waals surface area contributed by atoms with E-state index in [0.29, 0.717) is 0 Å². The first kappa shape index (κ1) is 18.3. The fourth-order valence-electron chi connectivity index (χ4n) is 4.46. The molecule has 4 aromatic rings. The van der Waals surface area contributed by atoms with Crippen LogP contribution in [-0.2, 0) is 0 Å². The molecule has 3 N–H and O–H groups in total. The summed E-state index contributed by atoms with van der Waals surface area (Å²) in [6.45, 7) is 0. The Kier molecular flexibility index (Phi) is 4.18. The molecule has 0 aromatic heterocycles. The highest BCUT2D eigenvalue weighted by Gasteiger charge is 2.25. The lowest BCUT2D eigenvalue weighted by atomic mass is 10.1. The van der Waals surface area contributed by atoms with Crippen molar-refractivity contribution in [3.63, 3.8) is 0 Å². The van der Waals surface area contributed by atoms with E-state index in [9.17, 15) is 0 Å². The smallest absolute Gasteiger partial charge is 0.234 e. The van der Waals surface area contributed by atoms with E-state index >= 15 is 0 Å². The predicted octanol–water partition coefficient (Wildman–Crippen LogP) is 4.76. The van der Waals surface area contributed by atoms with E-state index in [2.05, 4.69) is 69.3 Å². The Bertz CT molecular complexity index is 1370. The molecule has 0 aliphatic heterocycles. The van der Waals surface area contributed by atoms with Gasteiger partial charge in [0.2, 0.25) is 5.96 Å². The molecule has 6 rings (SSSR count). The lowest BCUT2D eigenvalue weighted by Gasteiger charge is -2.03. The summed E-state index contributed by atoms with van der Waals surface area (Å²) in [7, 11) is 0. The van der Waals surface area contributed by atoms with Crippen molar-refractivity contribution in [1.82, 2.24) is 5.43 Å². The van der Waals surface area contributed by atoms with E-state index < -0.39 is 0 Å². The SMILES string of the molecule is NC(=NN=C1c2ccccc2-c2ccccc21)NN=C1c2ccccc2-c2ccccc21. The highest BCUT2D eigenvalue weighted by Crippen LogP contribution is 2.37. The largest absolute Gasteiger partial charge is 0.367 e. The lowest BCUT2D eigenvalue weighted by molar-refractivity contribution is 0.987. The monoisotopic (exact) mass is 413 g/mol. The molecule has 0 fully saturated rings. The molecule has 0 saturated heterocycles. The van der Waals surface area contributed by atoms with E-state index in [1.54, 1.807) is 0 Å². The Balaban J connectivity index is 1.35. The number of hydrogen-bond acceptors (Lipinski definition) is 3. The topological polar surface area (TPSA) is 75.1 Å². The number of benzene rings is 4. The third kappa shape index (κ3) is 2.83. The molecular formula is C27H19N5. The van der Waals surface area contributed by atoms with Gasteiger partial charge in [-0.3, -0.25) is 0 Å². The quantitative estimate of drug-likeness (QED) is 0.244. The van der Waals surface area contributed by atoms with Crippen molar-refractivity contribution in [2.24, 2.45) is 21.0 Å². The van der Waals surface area contributed by atoms with Crippen LogP contribution in [0.4, 0.5) is 0 Å². The van der Waals surface area contributed by atoms with Gasteiger partial charge < -0.3 is 5.73 Å². The molecule has 2 aliphatic rings. The van der Waals surface area contributed by atoms with Gasteiger partial charge in [-0.15, -0.1) is 10.2 Å². The fourth-order valence-corrected chi connectivity index (χ4v) is 4.46. The number of rotatable bonds is 2. The van der Waals surface area contributed by atoms with Crippen LogP contribution in [0.1, 0.15) is 22.3 Å². The number of nitrogens with one attached hydrogen (secondary N) is 1. The average Bonchev–Trinajstić information content (AvgIpc) is 3.34. The van der Waals surface area contributed by atoms with Crippen LogP contribution in [0.5, 0.6) is 0 Å². The van der Waals surface area contributed by atoms with E-state index in [1.807, 2.05) is 48.5 Å². The van der Waals surface area contributed by atoms with Crippen LogP contribution in [-0.4, -0.2) is 17.4 Å². The summed E-state index contributed by atoms with van der Waals surface area (Å²) in [4.78, 5) is 0. The Hall–Kier alpha value is -4.51. The van der Waals surface area contributed by atoms with E-state index in [-0.39, 0.29) is 5.96 Å². The van der Waals surface area contributed by atoms with Crippen molar-refractivity contribution in [2.75, 3.05) is 0 Å². The second kappa shape index (κ2) is 7.32. The summed E-state index contributed by atoms with van der Waals surface area (Å²) >= 11 is 0. The summed E-state index contributed by atoms with van der Waals surface area (Å²) in [5, 5.41) is 13.3. The van der Waals surface area contributed by atoms with Crippen molar-refractivity contribution in [3.05, 3.63) is 119 Å². The molecule has 0 heterocycles. The Morgan fingerprint density at radius 1 is 0.500 bits per heavy atom. The fraction of sp³-hybridized carbons (Fsp3) is 0. The van der Waals surface area contributed by atoms with Gasteiger partial charge in [0.1, 0.15) is 5.71 Å². The molecule has 2 aliphatic carbocycles. The lowest BCUT2D eigenvalue weighted by Crippen LogP contribution is -2.28. The number of hydrogen-bond donors (Lipinski definition) is 2. The molecule has 0 spiro atoms. The van der Waals surface area contributed by atoms with Crippen molar-refractivity contribution in [3.8, 4) is 22.3 Å². The number of nitrogens with zero attached hydrogens (tertiary/aromatic N) is 3. The second-order valence-electron chi connectivity index (χ2n) is 7.69. The van der Waals surface area contributed by atoms with Crippen LogP contribution in [0.3, 0.4) is 0 Å². The molecule has 4 aromatic carbocycles. The van der Waals surface area contributed by atoms with Crippen molar-refractivity contribution >= 4 is 17.4 Å². The minimum atomic E-state index is 0.133. The van der Waals surface area contributed by atoms with Gasteiger partial charge in [-0.05, 0) is 22.3 Å². The van der Waals surface area contributed by atoms with Crippen LogP contribution in [0, 0.1) is 0 Å². The van der Waals surface area contributed by atoms with Gasteiger partial charge in [0.15, 0.2) is 0 Å². The maximum absolute atomic E-state index is 6.13. The first-order valence-electron chi connectivity index (χ1n) is 10.4. The summed E-state index contributed by atoms with van der Waals surface area (Å²) in [6, 6.07) is 32.8. The van der Waals surface area contributed by atoms with Gasteiger partial charge in [0.05, 0.1) is 5.71 Å². The molecule has 152 valence electrons. The van der Waals surface area contributed by atoms with Crippen LogP contribution >= 0.6 is 0 Å². The first-order valence-corrected chi connectivity index (χ1v) is 10.4. The van der Waals surface area contributed by atoms with Gasteiger partial charge in [0, 0.05) is 22.3 Å². The number of fused-ring (bicyclic) bond motifs is 6. The highest BCUT2D eigenvalue weighted by atomic mass is 15.4. The Morgan fingerprint density at radius 2 is 0.844 bits per heavy atom. The minimum absolute atomic E-state index is 0.133. The van der Waals surface area contributed by atoms with Gasteiger partial charge >= 0.3 is 0 Å². The van der Waals surface area contributed by atoms with Gasteiger partial charge in [-0.2, -0.15) is 5.10 Å². The normalized spacial score (nSPS) is 13.2. The summed E-state index contributed by atoms with van der Waals surface area (Å²) in [5.74, 6) is 0.133. The summed E-state index contributed by atoms with van der Waals surface area (Å²) in [6.07, 6.45) is 0. The molecular weight excluding hydrogens is 394 g/mol. The molecule has 5 heteroatoms. The van der Waals surface area contributed by atoms with Gasteiger partial charge in [-0.1, -0.05) is 97.1 Å². The molecule has 0 unspecified atom stereocenters. The molecule has 0 amide bonds. The molecule has 0 radical (unpaired) electrons. The van der Waals surface area contributed by atoms with Crippen molar-refractivity contribution in [1.29, 1.82) is 0 Å². The van der Waals surface area contributed by atoms with E-state index in [1.165, 1.54) is 11.1 Å². The van der Waals surface area contributed by atoms with Crippen molar-refractivity contribution in [2.45, 2.75) is 0 Å². The molecule has 5 nitrogen and oxygen atoms in total. The molecule has 0 saturated carbocycles. The number of nitrogens with two attached hydrogens (primary N) is 1. The second-order valence-corrected chi connectivity index (χ2v) is 7.69. The van der Waals surface area contributed by atoms with E-state index in [4.69, 9.17) is 5.73 Å². The van der Waals surface area contributed by atoms with Crippen LogP contribution in [0.25, 0.3) is 22.3 Å². The number of guanidine groups is 1. The standard InChI is InChI=1S/C27H19N5/c28-27(31-29-25-21-13-5-1-9-17(21)18-10-2-6-14-22(18)25)32-30-26-23-15-7-3-11-19(23)20-12-4-8-16-24(20)26/h1-16H,(H3,28,31,32). The van der Waals surface area contributed by atoms with Crippen LogP contribution in [0.15, 0.2) is 112 Å². The van der Waals surface area contributed by atoms with Gasteiger partial charge in [-0.25, -0.2) is 5.43 Å².